The Morgan fingerprint density at radius 1 is 1.18 bits per heavy atom. The van der Waals surface area contributed by atoms with Gasteiger partial charge in [-0.25, -0.2) is 14.4 Å². The minimum absolute atomic E-state index is 0.109. The summed E-state index contributed by atoms with van der Waals surface area (Å²) in [6.07, 6.45) is 3.45. The van der Waals surface area contributed by atoms with Crippen LogP contribution in [-0.4, -0.2) is 42.1 Å². The normalized spacial score (nSPS) is 14.2. The molecule has 5 rings (SSSR count). The maximum absolute atomic E-state index is 14.8. The van der Waals surface area contributed by atoms with Crippen LogP contribution in [0.2, 0.25) is 0 Å². The molecule has 3 N–H and O–H groups in total. The third-order valence-electron chi connectivity index (χ3n) is 5.86. The second kappa shape index (κ2) is 9.74. The number of carbonyl (C=O) groups excluding carboxylic acids is 1. The highest BCUT2D eigenvalue weighted by Gasteiger charge is 2.18. The van der Waals surface area contributed by atoms with Crippen molar-refractivity contribution in [1.29, 1.82) is 0 Å². The number of hydrogen-bond acceptors (Lipinski definition) is 7. The van der Waals surface area contributed by atoms with Crippen molar-refractivity contribution < 1.29 is 13.9 Å². The fourth-order valence-electron chi connectivity index (χ4n) is 4.06. The number of nitrogens with one attached hydrogen (secondary N) is 3. The SMILES string of the molecule is COc1ccccc1-c1csc2cnc(Nc3ccc(C(=O)NC4CCNCC4)cc3F)nc12. The van der Waals surface area contributed by atoms with Crippen molar-refractivity contribution in [3.63, 3.8) is 0 Å². The molecule has 1 aliphatic rings. The van der Waals surface area contributed by atoms with Crippen molar-refractivity contribution in [3.05, 3.63) is 65.4 Å². The smallest absolute Gasteiger partial charge is 0.251 e. The number of anilines is 2. The van der Waals surface area contributed by atoms with E-state index in [1.807, 2.05) is 29.6 Å². The standard InChI is InChI=1S/C25H24FN5O2S/c1-33-21-5-3-2-4-17(21)18-14-34-22-13-28-25(31-23(18)22)30-20-7-6-15(12-19(20)26)24(32)29-16-8-10-27-11-9-16/h2-7,12-14,16,27H,8-11H2,1H3,(H,29,32)(H,28,30,31). The van der Waals surface area contributed by atoms with Gasteiger partial charge >= 0.3 is 0 Å². The van der Waals surface area contributed by atoms with Gasteiger partial charge in [0, 0.05) is 28.1 Å². The average Bonchev–Trinajstić information content (AvgIpc) is 3.29. The van der Waals surface area contributed by atoms with Crippen LogP contribution in [-0.2, 0) is 0 Å². The molecule has 0 radical (unpaired) electrons. The zero-order chi connectivity index (χ0) is 23.5. The van der Waals surface area contributed by atoms with E-state index in [4.69, 9.17) is 4.74 Å². The van der Waals surface area contributed by atoms with Crippen molar-refractivity contribution >= 4 is 39.1 Å². The van der Waals surface area contributed by atoms with Gasteiger partial charge in [0.1, 0.15) is 11.6 Å². The number of halogens is 1. The molecule has 0 atom stereocenters. The molecule has 4 aromatic rings. The van der Waals surface area contributed by atoms with E-state index in [2.05, 4.69) is 25.9 Å². The Kier molecular flexibility index (Phi) is 6.37. The summed E-state index contributed by atoms with van der Waals surface area (Å²) in [5.74, 6) is 0.208. The molecular formula is C25H24FN5O2S. The van der Waals surface area contributed by atoms with Crippen LogP contribution >= 0.6 is 11.3 Å². The van der Waals surface area contributed by atoms with Gasteiger partial charge in [0.15, 0.2) is 0 Å². The van der Waals surface area contributed by atoms with Crippen LogP contribution in [0.15, 0.2) is 54.0 Å². The van der Waals surface area contributed by atoms with Crippen molar-refractivity contribution in [2.24, 2.45) is 0 Å². The number of piperidine rings is 1. The number of para-hydroxylation sites is 1. The van der Waals surface area contributed by atoms with Crippen LogP contribution in [0.1, 0.15) is 23.2 Å². The van der Waals surface area contributed by atoms with E-state index in [1.165, 1.54) is 23.5 Å². The molecule has 7 nitrogen and oxygen atoms in total. The predicted octanol–water partition coefficient (Wildman–Crippen LogP) is 4.73. The number of rotatable bonds is 6. The van der Waals surface area contributed by atoms with Gasteiger partial charge in [-0.1, -0.05) is 18.2 Å². The van der Waals surface area contributed by atoms with E-state index in [-0.39, 0.29) is 29.1 Å². The molecule has 2 aromatic heterocycles. The third-order valence-corrected chi connectivity index (χ3v) is 6.77. The molecule has 0 bridgehead atoms. The second-order valence-corrected chi connectivity index (χ2v) is 8.98. The number of carbonyl (C=O) groups is 1. The van der Waals surface area contributed by atoms with E-state index in [9.17, 15) is 9.18 Å². The third kappa shape index (κ3) is 4.57. The molecule has 0 saturated carbocycles. The summed E-state index contributed by atoms with van der Waals surface area (Å²) >= 11 is 1.53. The highest BCUT2D eigenvalue weighted by molar-refractivity contribution is 7.17. The summed E-state index contributed by atoms with van der Waals surface area (Å²) < 4.78 is 21.3. The van der Waals surface area contributed by atoms with Gasteiger partial charge in [-0.05, 0) is 50.2 Å². The number of methoxy groups -OCH3 is 1. The molecule has 0 aliphatic carbocycles. The zero-order valence-electron chi connectivity index (χ0n) is 18.6. The number of ether oxygens (including phenoxy) is 1. The topological polar surface area (TPSA) is 88.2 Å². The summed E-state index contributed by atoms with van der Waals surface area (Å²) in [5.41, 5.74) is 3.09. The monoisotopic (exact) mass is 477 g/mol. The van der Waals surface area contributed by atoms with Crippen molar-refractivity contribution in [3.8, 4) is 16.9 Å². The summed E-state index contributed by atoms with van der Waals surface area (Å²) in [6, 6.07) is 12.2. The Morgan fingerprint density at radius 2 is 2.00 bits per heavy atom. The van der Waals surface area contributed by atoms with Crippen molar-refractivity contribution in [2.45, 2.75) is 18.9 Å². The van der Waals surface area contributed by atoms with E-state index >= 15 is 0 Å². The lowest BCUT2D eigenvalue weighted by atomic mass is 10.1. The number of thiophene rings is 1. The molecule has 1 amide bonds. The van der Waals surface area contributed by atoms with Crippen LogP contribution in [0.3, 0.4) is 0 Å². The Morgan fingerprint density at radius 3 is 2.79 bits per heavy atom. The van der Waals surface area contributed by atoms with Gasteiger partial charge < -0.3 is 20.7 Å². The van der Waals surface area contributed by atoms with Crippen LogP contribution in [0, 0.1) is 5.82 Å². The van der Waals surface area contributed by atoms with E-state index in [1.54, 1.807) is 19.4 Å². The summed E-state index contributed by atoms with van der Waals surface area (Å²) in [5, 5.41) is 11.2. The first-order valence-electron chi connectivity index (χ1n) is 11.1. The maximum atomic E-state index is 14.8. The zero-order valence-corrected chi connectivity index (χ0v) is 19.4. The first kappa shape index (κ1) is 22.2. The lowest BCUT2D eigenvalue weighted by Crippen LogP contribution is -2.42. The molecule has 0 unspecified atom stereocenters. The van der Waals surface area contributed by atoms with E-state index < -0.39 is 5.82 Å². The Hall–Kier alpha value is -3.56. The number of hydrogen-bond donors (Lipinski definition) is 3. The second-order valence-electron chi connectivity index (χ2n) is 8.07. The predicted molar refractivity (Wildman–Crippen MR) is 132 cm³/mol. The molecule has 1 fully saturated rings. The molecule has 9 heteroatoms. The van der Waals surface area contributed by atoms with Crippen LogP contribution in [0.4, 0.5) is 16.0 Å². The molecular weight excluding hydrogens is 453 g/mol. The minimum Gasteiger partial charge on any atom is -0.496 e. The minimum atomic E-state index is -0.545. The molecule has 1 aliphatic heterocycles. The van der Waals surface area contributed by atoms with Gasteiger partial charge in [0.25, 0.3) is 5.91 Å². The number of nitrogens with zero attached hydrogens (tertiary/aromatic N) is 2. The molecule has 174 valence electrons. The van der Waals surface area contributed by atoms with Gasteiger partial charge in [-0.15, -0.1) is 11.3 Å². The Bertz CT molecular complexity index is 1340. The van der Waals surface area contributed by atoms with Gasteiger partial charge in [-0.3, -0.25) is 4.79 Å². The molecule has 1 saturated heterocycles. The molecule has 34 heavy (non-hydrogen) atoms. The van der Waals surface area contributed by atoms with E-state index in [0.717, 1.165) is 53.0 Å². The van der Waals surface area contributed by atoms with Crippen molar-refractivity contribution in [1.82, 2.24) is 20.6 Å². The quantitative estimate of drug-likeness (QED) is 0.372. The van der Waals surface area contributed by atoms with Gasteiger partial charge in [0.05, 0.1) is 29.2 Å². The van der Waals surface area contributed by atoms with Crippen LogP contribution in [0.25, 0.3) is 21.3 Å². The van der Waals surface area contributed by atoms with E-state index in [0.29, 0.717) is 0 Å². The van der Waals surface area contributed by atoms with Crippen LogP contribution in [0.5, 0.6) is 5.75 Å². The number of benzene rings is 2. The fraction of sp³-hybridized carbons (Fsp3) is 0.240. The molecule has 0 spiro atoms. The van der Waals surface area contributed by atoms with Crippen molar-refractivity contribution in [2.75, 3.05) is 25.5 Å². The number of aromatic nitrogens is 2. The average molecular weight is 478 g/mol. The Balaban J connectivity index is 1.37. The first-order chi connectivity index (χ1) is 16.6. The molecule has 2 aromatic carbocycles. The summed E-state index contributed by atoms with van der Waals surface area (Å²) in [4.78, 5) is 21.5. The molecule has 3 heterocycles. The first-order valence-corrected chi connectivity index (χ1v) is 12.0. The lowest BCUT2D eigenvalue weighted by Gasteiger charge is -2.23. The summed E-state index contributed by atoms with van der Waals surface area (Å²) in [7, 11) is 1.63. The van der Waals surface area contributed by atoms with Crippen LogP contribution < -0.4 is 20.7 Å². The highest BCUT2D eigenvalue weighted by Crippen LogP contribution is 2.37. The largest absolute Gasteiger partial charge is 0.496 e. The lowest BCUT2D eigenvalue weighted by molar-refractivity contribution is 0.0929. The maximum Gasteiger partial charge on any atom is 0.251 e. The Labute approximate surface area is 200 Å². The summed E-state index contributed by atoms with van der Waals surface area (Å²) in [6.45, 7) is 1.74. The number of fused-ring (bicyclic) bond motifs is 1. The number of amides is 1. The van der Waals surface area contributed by atoms with Gasteiger partial charge in [-0.2, -0.15) is 0 Å². The highest BCUT2D eigenvalue weighted by atomic mass is 32.1. The fourth-order valence-corrected chi connectivity index (χ4v) is 4.92. The van der Waals surface area contributed by atoms with Gasteiger partial charge in [0.2, 0.25) is 5.95 Å².